The smallest absolute Gasteiger partial charge is 0.0946 e. The first-order valence-electron chi connectivity index (χ1n) is 6.03. The largest absolute Gasteiger partial charge is 0.336 e. The zero-order valence-electron chi connectivity index (χ0n) is 10.9. The molecule has 0 saturated carbocycles. The average molecular weight is 312 g/mol. The SMILES string of the molecule is CCCn1ncc(Br)c1C(NC)c1cncn1C. The second-order valence-electron chi connectivity index (χ2n) is 4.25. The molecule has 2 aromatic heterocycles. The first-order valence-corrected chi connectivity index (χ1v) is 6.83. The summed E-state index contributed by atoms with van der Waals surface area (Å²) < 4.78 is 5.09. The summed E-state index contributed by atoms with van der Waals surface area (Å²) in [6.45, 7) is 3.06. The highest BCUT2D eigenvalue weighted by molar-refractivity contribution is 9.10. The van der Waals surface area contributed by atoms with Crippen molar-refractivity contribution in [3.63, 3.8) is 0 Å². The van der Waals surface area contributed by atoms with Gasteiger partial charge in [-0.1, -0.05) is 6.92 Å². The van der Waals surface area contributed by atoms with E-state index in [0.29, 0.717) is 0 Å². The highest BCUT2D eigenvalue weighted by Crippen LogP contribution is 2.28. The van der Waals surface area contributed by atoms with E-state index in [0.717, 1.165) is 28.8 Å². The van der Waals surface area contributed by atoms with E-state index in [4.69, 9.17) is 0 Å². The Morgan fingerprint density at radius 3 is 2.78 bits per heavy atom. The highest BCUT2D eigenvalue weighted by Gasteiger charge is 2.22. The molecule has 0 bridgehead atoms. The monoisotopic (exact) mass is 311 g/mol. The van der Waals surface area contributed by atoms with Crippen LogP contribution < -0.4 is 5.32 Å². The molecule has 1 unspecified atom stereocenters. The third-order valence-electron chi connectivity index (χ3n) is 2.98. The lowest BCUT2D eigenvalue weighted by molar-refractivity contribution is 0.521. The summed E-state index contributed by atoms with van der Waals surface area (Å²) in [4.78, 5) is 4.18. The second-order valence-corrected chi connectivity index (χ2v) is 5.11. The Morgan fingerprint density at radius 2 is 2.22 bits per heavy atom. The van der Waals surface area contributed by atoms with Gasteiger partial charge in [0.05, 0.1) is 40.6 Å². The van der Waals surface area contributed by atoms with Crippen LogP contribution in [0.3, 0.4) is 0 Å². The van der Waals surface area contributed by atoms with Gasteiger partial charge in [-0.15, -0.1) is 0 Å². The van der Waals surface area contributed by atoms with Gasteiger partial charge in [0, 0.05) is 13.6 Å². The number of aryl methyl sites for hydroxylation is 2. The van der Waals surface area contributed by atoms with Gasteiger partial charge < -0.3 is 9.88 Å². The van der Waals surface area contributed by atoms with Crippen LogP contribution in [0.5, 0.6) is 0 Å². The molecule has 0 fully saturated rings. The van der Waals surface area contributed by atoms with Crippen LogP contribution in [0.15, 0.2) is 23.2 Å². The molecule has 0 amide bonds. The Kier molecular flexibility index (Phi) is 4.19. The molecule has 2 aromatic rings. The quantitative estimate of drug-likeness (QED) is 0.920. The van der Waals surface area contributed by atoms with E-state index >= 15 is 0 Å². The lowest BCUT2D eigenvalue weighted by atomic mass is 10.1. The van der Waals surface area contributed by atoms with Crippen molar-refractivity contribution >= 4 is 15.9 Å². The predicted octanol–water partition coefficient (Wildman–Crippen LogP) is 2.10. The summed E-state index contributed by atoms with van der Waals surface area (Å²) in [6.07, 6.45) is 6.61. The molecule has 5 nitrogen and oxygen atoms in total. The number of halogens is 1. The minimum atomic E-state index is 0.0842. The topological polar surface area (TPSA) is 47.7 Å². The third-order valence-corrected chi connectivity index (χ3v) is 3.59. The number of nitrogens with one attached hydrogen (secondary N) is 1. The van der Waals surface area contributed by atoms with Gasteiger partial charge >= 0.3 is 0 Å². The van der Waals surface area contributed by atoms with Crippen molar-refractivity contribution in [2.75, 3.05) is 7.05 Å². The molecule has 0 aliphatic carbocycles. The van der Waals surface area contributed by atoms with Crippen molar-refractivity contribution in [2.24, 2.45) is 7.05 Å². The van der Waals surface area contributed by atoms with Gasteiger partial charge in [0.1, 0.15) is 0 Å². The van der Waals surface area contributed by atoms with Crippen LogP contribution in [0.4, 0.5) is 0 Å². The first-order chi connectivity index (χ1) is 8.69. The molecule has 0 aliphatic heterocycles. The van der Waals surface area contributed by atoms with Crippen molar-refractivity contribution in [3.8, 4) is 0 Å². The molecular formula is C12H18BrN5. The Labute approximate surface area is 115 Å². The fourth-order valence-corrected chi connectivity index (χ4v) is 2.64. The van der Waals surface area contributed by atoms with Crippen molar-refractivity contribution in [1.82, 2.24) is 24.6 Å². The van der Waals surface area contributed by atoms with Gasteiger partial charge in [0.25, 0.3) is 0 Å². The summed E-state index contributed by atoms with van der Waals surface area (Å²) in [5.74, 6) is 0. The molecule has 0 spiro atoms. The number of hydrogen-bond donors (Lipinski definition) is 1. The van der Waals surface area contributed by atoms with E-state index in [1.165, 1.54) is 0 Å². The van der Waals surface area contributed by atoms with E-state index < -0.39 is 0 Å². The first kappa shape index (κ1) is 13.3. The summed E-state index contributed by atoms with van der Waals surface area (Å²) >= 11 is 3.59. The number of aromatic nitrogens is 4. The molecule has 2 rings (SSSR count). The fraction of sp³-hybridized carbons (Fsp3) is 0.500. The third kappa shape index (κ3) is 2.35. The zero-order valence-corrected chi connectivity index (χ0v) is 12.5. The number of rotatable bonds is 5. The van der Waals surface area contributed by atoms with Gasteiger partial charge in [-0.05, 0) is 29.4 Å². The van der Waals surface area contributed by atoms with Crippen molar-refractivity contribution < 1.29 is 0 Å². The molecule has 0 aliphatic rings. The van der Waals surface area contributed by atoms with Gasteiger partial charge in [0.15, 0.2) is 0 Å². The van der Waals surface area contributed by atoms with Gasteiger partial charge in [-0.25, -0.2) is 4.98 Å². The molecule has 98 valence electrons. The number of nitrogens with zero attached hydrogens (tertiary/aromatic N) is 4. The summed E-state index contributed by atoms with van der Waals surface area (Å²) in [5.41, 5.74) is 2.26. The Bertz CT molecular complexity index is 516. The Morgan fingerprint density at radius 1 is 1.44 bits per heavy atom. The van der Waals surface area contributed by atoms with Gasteiger partial charge in [-0.3, -0.25) is 4.68 Å². The summed E-state index contributed by atoms with van der Waals surface area (Å²) in [6, 6.07) is 0.0842. The Hall–Kier alpha value is -1.14. The molecule has 0 saturated heterocycles. The van der Waals surface area contributed by atoms with Crippen molar-refractivity contribution in [1.29, 1.82) is 0 Å². The maximum atomic E-state index is 4.41. The van der Waals surface area contributed by atoms with Crippen LogP contribution in [0, 0.1) is 0 Å². The molecule has 0 radical (unpaired) electrons. The number of hydrogen-bond acceptors (Lipinski definition) is 3. The zero-order chi connectivity index (χ0) is 13.1. The molecular weight excluding hydrogens is 294 g/mol. The average Bonchev–Trinajstić information content (AvgIpc) is 2.91. The lowest BCUT2D eigenvalue weighted by Gasteiger charge is -2.19. The Balaban J connectivity index is 2.45. The van der Waals surface area contributed by atoms with Crippen LogP contribution in [0.25, 0.3) is 0 Å². The second kappa shape index (κ2) is 5.67. The van der Waals surface area contributed by atoms with E-state index in [-0.39, 0.29) is 6.04 Å². The predicted molar refractivity (Wildman–Crippen MR) is 74.3 cm³/mol. The lowest BCUT2D eigenvalue weighted by Crippen LogP contribution is -2.24. The van der Waals surface area contributed by atoms with E-state index in [1.807, 2.05) is 42.1 Å². The molecule has 6 heteroatoms. The minimum Gasteiger partial charge on any atom is -0.336 e. The van der Waals surface area contributed by atoms with Gasteiger partial charge in [-0.2, -0.15) is 5.10 Å². The summed E-state index contributed by atoms with van der Waals surface area (Å²) in [7, 11) is 3.95. The van der Waals surface area contributed by atoms with Crippen LogP contribution >= 0.6 is 15.9 Å². The number of imidazole rings is 1. The van der Waals surface area contributed by atoms with Crippen molar-refractivity contribution in [2.45, 2.75) is 25.9 Å². The van der Waals surface area contributed by atoms with Crippen LogP contribution in [0.1, 0.15) is 30.8 Å². The fourth-order valence-electron chi connectivity index (χ4n) is 2.12. The van der Waals surface area contributed by atoms with Gasteiger partial charge in [0.2, 0.25) is 0 Å². The molecule has 0 aromatic carbocycles. The van der Waals surface area contributed by atoms with Crippen LogP contribution in [-0.2, 0) is 13.6 Å². The standard InChI is InChI=1S/C12H18BrN5/c1-4-5-18-12(9(13)6-16-18)11(14-2)10-7-15-8-17(10)3/h6-8,11,14H,4-5H2,1-3H3. The van der Waals surface area contributed by atoms with E-state index in [1.54, 1.807) is 0 Å². The normalized spacial score (nSPS) is 12.9. The molecule has 1 N–H and O–H groups in total. The molecule has 1 atom stereocenters. The van der Waals surface area contributed by atoms with E-state index in [2.05, 4.69) is 38.3 Å². The molecule has 2 heterocycles. The van der Waals surface area contributed by atoms with Crippen LogP contribution in [0.2, 0.25) is 0 Å². The molecule has 18 heavy (non-hydrogen) atoms. The highest BCUT2D eigenvalue weighted by atomic mass is 79.9. The van der Waals surface area contributed by atoms with Crippen LogP contribution in [-0.4, -0.2) is 26.4 Å². The summed E-state index contributed by atoms with van der Waals surface area (Å²) in [5, 5.41) is 7.75. The maximum Gasteiger partial charge on any atom is 0.0946 e. The maximum absolute atomic E-state index is 4.41. The van der Waals surface area contributed by atoms with Crippen molar-refractivity contribution in [3.05, 3.63) is 34.6 Å². The minimum absolute atomic E-state index is 0.0842. The van der Waals surface area contributed by atoms with E-state index in [9.17, 15) is 0 Å².